The second-order valence-corrected chi connectivity index (χ2v) is 9.23. The second kappa shape index (κ2) is 9.86. The fraction of sp³-hybridized carbons (Fsp3) is 0.440. The standard InChI is InChI=1S/C25H28F2O2S/c1-4-17-10-15(3)11-18(5-2)24(17)25-22(28)12-16(13-23(25)29)8-9-30-19-6-7-20(26)21(27)14-19/h6-7,10-11,14,16,25H,4-5,8-9,12-13H2,1-3H3. The van der Waals surface area contributed by atoms with Crippen LogP contribution < -0.4 is 0 Å². The Bertz CT molecular complexity index is 911. The van der Waals surface area contributed by atoms with Crippen LogP contribution in [0.4, 0.5) is 8.78 Å². The van der Waals surface area contributed by atoms with Crippen LogP contribution in [-0.2, 0) is 22.4 Å². The van der Waals surface area contributed by atoms with E-state index in [1.165, 1.54) is 17.8 Å². The van der Waals surface area contributed by atoms with Crippen molar-refractivity contribution in [3.05, 3.63) is 64.2 Å². The van der Waals surface area contributed by atoms with Gasteiger partial charge in [-0.3, -0.25) is 9.59 Å². The minimum Gasteiger partial charge on any atom is -0.299 e. The topological polar surface area (TPSA) is 34.1 Å². The van der Waals surface area contributed by atoms with Crippen molar-refractivity contribution < 1.29 is 18.4 Å². The predicted octanol–water partition coefficient (Wildman–Crippen LogP) is 6.21. The number of rotatable bonds is 7. The molecule has 0 heterocycles. The van der Waals surface area contributed by atoms with Crippen LogP contribution in [0.2, 0.25) is 0 Å². The molecular weight excluding hydrogens is 402 g/mol. The number of carbonyl (C=O) groups excluding carboxylic acids is 2. The van der Waals surface area contributed by atoms with Gasteiger partial charge in [0.1, 0.15) is 17.5 Å². The Balaban J connectivity index is 1.68. The third-order valence-corrected chi connectivity index (χ3v) is 6.88. The lowest BCUT2D eigenvalue weighted by Gasteiger charge is -2.29. The molecule has 0 spiro atoms. The average molecular weight is 431 g/mol. The van der Waals surface area contributed by atoms with Crippen LogP contribution in [-0.4, -0.2) is 17.3 Å². The summed E-state index contributed by atoms with van der Waals surface area (Å²) in [5.74, 6) is -1.65. The van der Waals surface area contributed by atoms with E-state index in [0.717, 1.165) is 41.2 Å². The van der Waals surface area contributed by atoms with Gasteiger partial charge >= 0.3 is 0 Å². The van der Waals surface area contributed by atoms with E-state index in [0.29, 0.717) is 29.9 Å². The predicted molar refractivity (Wildman–Crippen MR) is 117 cm³/mol. The van der Waals surface area contributed by atoms with Crippen molar-refractivity contribution in [1.29, 1.82) is 0 Å². The minimum absolute atomic E-state index is 0.0136. The summed E-state index contributed by atoms with van der Waals surface area (Å²) in [6.07, 6.45) is 3.09. The highest BCUT2D eigenvalue weighted by molar-refractivity contribution is 7.99. The van der Waals surface area contributed by atoms with E-state index in [2.05, 4.69) is 26.0 Å². The molecule has 0 atom stereocenters. The van der Waals surface area contributed by atoms with Gasteiger partial charge in [-0.15, -0.1) is 11.8 Å². The molecule has 1 fully saturated rings. The first-order valence-electron chi connectivity index (χ1n) is 10.6. The van der Waals surface area contributed by atoms with Gasteiger partial charge in [0.05, 0.1) is 0 Å². The van der Waals surface area contributed by atoms with Gasteiger partial charge in [-0.05, 0) is 72.7 Å². The van der Waals surface area contributed by atoms with Crippen molar-refractivity contribution >= 4 is 23.3 Å². The lowest BCUT2D eigenvalue weighted by Crippen LogP contribution is -2.33. The summed E-state index contributed by atoms with van der Waals surface area (Å²) in [6, 6.07) is 8.04. The highest BCUT2D eigenvalue weighted by atomic mass is 32.2. The molecule has 1 aliphatic rings. The number of halogens is 2. The van der Waals surface area contributed by atoms with Crippen LogP contribution in [0.3, 0.4) is 0 Å². The Morgan fingerprint density at radius 1 is 0.933 bits per heavy atom. The first kappa shape index (κ1) is 22.7. The number of hydrogen-bond donors (Lipinski definition) is 0. The molecule has 0 bridgehead atoms. The molecule has 2 aromatic carbocycles. The molecule has 0 saturated heterocycles. The summed E-state index contributed by atoms with van der Waals surface area (Å²) in [5.41, 5.74) is 4.31. The fourth-order valence-electron chi connectivity index (χ4n) is 4.40. The lowest BCUT2D eigenvalue weighted by molar-refractivity contribution is -0.133. The highest BCUT2D eigenvalue weighted by Crippen LogP contribution is 2.37. The molecule has 3 rings (SSSR count). The van der Waals surface area contributed by atoms with Gasteiger partial charge in [0, 0.05) is 17.7 Å². The maximum atomic E-state index is 13.3. The van der Waals surface area contributed by atoms with E-state index in [1.54, 1.807) is 6.07 Å². The Morgan fingerprint density at radius 3 is 2.07 bits per heavy atom. The summed E-state index contributed by atoms with van der Waals surface area (Å²) in [4.78, 5) is 26.7. The number of aryl methyl sites for hydroxylation is 3. The Labute approximate surface area is 181 Å². The smallest absolute Gasteiger partial charge is 0.159 e. The Morgan fingerprint density at radius 2 is 1.53 bits per heavy atom. The average Bonchev–Trinajstić information content (AvgIpc) is 2.70. The third-order valence-electron chi connectivity index (χ3n) is 5.86. The van der Waals surface area contributed by atoms with Crippen LogP contribution in [0.5, 0.6) is 0 Å². The Kier molecular flexibility index (Phi) is 7.45. The van der Waals surface area contributed by atoms with Crippen LogP contribution in [0.1, 0.15) is 61.3 Å². The molecule has 0 aromatic heterocycles. The van der Waals surface area contributed by atoms with Gasteiger partial charge in [0.15, 0.2) is 11.6 Å². The number of benzene rings is 2. The van der Waals surface area contributed by atoms with Crippen LogP contribution in [0.15, 0.2) is 35.2 Å². The first-order valence-corrected chi connectivity index (χ1v) is 11.6. The fourth-order valence-corrected chi connectivity index (χ4v) is 5.44. The van der Waals surface area contributed by atoms with E-state index in [4.69, 9.17) is 0 Å². The van der Waals surface area contributed by atoms with E-state index in [1.807, 2.05) is 6.92 Å². The lowest BCUT2D eigenvalue weighted by atomic mass is 9.73. The van der Waals surface area contributed by atoms with Crippen molar-refractivity contribution in [2.24, 2.45) is 5.92 Å². The maximum absolute atomic E-state index is 13.3. The third kappa shape index (κ3) is 5.00. The number of hydrogen-bond acceptors (Lipinski definition) is 3. The van der Waals surface area contributed by atoms with Crippen molar-refractivity contribution in [1.82, 2.24) is 0 Å². The maximum Gasteiger partial charge on any atom is 0.159 e. The summed E-state index contributed by atoms with van der Waals surface area (Å²) >= 11 is 1.42. The van der Waals surface area contributed by atoms with E-state index in [-0.39, 0.29) is 17.5 Å². The van der Waals surface area contributed by atoms with Crippen LogP contribution in [0.25, 0.3) is 0 Å². The van der Waals surface area contributed by atoms with E-state index in [9.17, 15) is 18.4 Å². The number of carbonyl (C=O) groups is 2. The van der Waals surface area contributed by atoms with Crippen LogP contribution >= 0.6 is 11.8 Å². The molecule has 2 aromatic rings. The Hall–Kier alpha value is -2.01. The first-order chi connectivity index (χ1) is 14.3. The van der Waals surface area contributed by atoms with Crippen molar-refractivity contribution in [3.63, 3.8) is 0 Å². The van der Waals surface area contributed by atoms with E-state index < -0.39 is 17.6 Å². The number of Topliss-reactive ketones (excluding diaryl/α,β-unsaturated/α-hetero) is 2. The van der Waals surface area contributed by atoms with Gasteiger partial charge in [0.25, 0.3) is 0 Å². The summed E-state index contributed by atoms with van der Waals surface area (Å²) in [5, 5.41) is 0. The van der Waals surface area contributed by atoms with E-state index >= 15 is 0 Å². The molecule has 30 heavy (non-hydrogen) atoms. The van der Waals surface area contributed by atoms with Gasteiger partial charge < -0.3 is 0 Å². The summed E-state index contributed by atoms with van der Waals surface area (Å²) < 4.78 is 26.4. The molecule has 5 heteroatoms. The zero-order valence-electron chi connectivity index (χ0n) is 17.8. The van der Waals surface area contributed by atoms with Gasteiger partial charge in [-0.1, -0.05) is 31.5 Å². The van der Waals surface area contributed by atoms with Crippen molar-refractivity contribution in [2.75, 3.05) is 5.75 Å². The molecule has 1 aliphatic carbocycles. The number of thioether (sulfide) groups is 1. The summed E-state index contributed by atoms with van der Waals surface area (Å²) in [7, 11) is 0. The highest BCUT2D eigenvalue weighted by Gasteiger charge is 2.38. The monoisotopic (exact) mass is 430 g/mol. The zero-order chi connectivity index (χ0) is 21.8. The minimum atomic E-state index is -0.859. The van der Waals surface area contributed by atoms with Crippen LogP contribution in [0, 0.1) is 24.5 Å². The normalized spacial score (nSPS) is 19.4. The SMILES string of the molecule is CCc1cc(C)cc(CC)c1C1C(=O)CC(CCSc2ccc(F)c(F)c2)CC1=O. The molecule has 0 amide bonds. The molecule has 0 N–H and O–H groups in total. The van der Waals surface area contributed by atoms with Crippen molar-refractivity contribution in [2.45, 2.75) is 63.7 Å². The van der Waals surface area contributed by atoms with Crippen molar-refractivity contribution in [3.8, 4) is 0 Å². The molecule has 160 valence electrons. The quantitative estimate of drug-likeness (QED) is 0.387. The van der Waals surface area contributed by atoms with Gasteiger partial charge in [-0.25, -0.2) is 8.78 Å². The second-order valence-electron chi connectivity index (χ2n) is 8.06. The zero-order valence-corrected chi connectivity index (χ0v) is 18.6. The van der Waals surface area contributed by atoms with Gasteiger partial charge in [-0.2, -0.15) is 0 Å². The molecule has 0 radical (unpaired) electrons. The molecular formula is C25H28F2O2S. The largest absolute Gasteiger partial charge is 0.299 e. The molecule has 0 unspecified atom stereocenters. The molecule has 1 saturated carbocycles. The molecule has 0 aliphatic heterocycles. The number of ketones is 2. The summed E-state index contributed by atoms with van der Waals surface area (Å²) in [6.45, 7) is 6.18. The molecule has 2 nitrogen and oxygen atoms in total. The van der Waals surface area contributed by atoms with Gasteiger partial charge in [0.2, 0.25) is 0 Å².